The van der Waals surface area contributed by atoms with Gasteiger partial charge in [0.1, 0.15) is 0 Å². The number of para-hydroxylation sites is 2. The van der Waals surface area contributed by atoms with E-state index in [-0.39, 0.29) is 0 Å². The summed E-state index contributed by atoms with van der Waals surface area (Å²) in [6.45, 7) is 3.13. The van der Waals surface area contributed by atoms with Crippen LogP contribution in [-0.4, -0.2) is 19.1 Å². The van der Waals surface area contributed by atoms with E-state index >= 15 is 0 Å². The van der Waals surface area contributed by atoms with Crippen molar-refractivity contribution in [2.75, 3.05) is 0 Å². The van der Waals surface area contributed by atoms with Crippen molar-refractivity contribution >= 4 is 54.5 Å². The van der Waals surface area contributed by atoms with E-state index < -0.39 is 0 Å². The van der Waals surface area contributed by atoms with Crippen LogP contribution in [-0.2, 0) is 13.0 Å². The number of nitrogens with zero attached hydrogens (tertiary/aromatic N) is 4. The summed E-state index contributed by atoms with van der Waals surface area (Å²) in [5.41, 5.74) is 10.6. The number of hydrogen-bond donors (Lipinski definition) is 0. The van der Waals surface area contributed by atoms with Crippen molar-refractivity contribution < 1.29 is 0 Å². The minimum Gasteiger partial charge on any atom is -0.341 e. The first-order valence-corrected chi connectivity index (χ1v) is 13.6. The minimum absolute atomic E-state index is 0.721. The molecule has 4 heteroatoms. The highest BCUT2D eigenvalue weighted by molar-refractivity contribution is 6.25. The van der Waals surface area contributed by atoms with Crippen LogP contribution in [0.4, 0.5) is 0 Å². The molecule has 0 unspecified atom stereocenters. The van der Waals surface area contributed by atoms with Gasteiger partial charge in [-0.05, 0) is 48.7 Å². The van der Waals surface area contributed by atoms with Gasteiger partial charge in [-0.2, -0.15) is 0 Å². The molecule has 8 aromatic rings. The molecule has 3 heterocycles. The Kier molecular flexibility index (Phi) is 4.07. The molecule has 0 amide bonds. The van der Waals surface area contributed by atoms with Crippen LogP contribution >= 0.6 is 0 Å². The molecule has 0 aliphatic heterocycles. The number of rotatable bonds is 2. The topological polar surface area (TPSA) is 35.6 Å². The number of hydrogen-bond acceptors (Lipinski definition) is 2. The van der Waals surface area contributed by atoms with Gasteiger partial charge in [0.15, 0.2) is 0 Å². The lowest BCUT2D eigenvalue weighted by Crippen LogP contribution is -2.08. The van der Waals surface area contributed by atoms with Gasteiger partial charge in [0.2, 0.25) is 5.95 Å². The van der Waals surface area contributed by atoms with Crippen molar-refractivity contribution in [2.45, 2.75) is 19.9 Å². The zero-order valence-electron chi connectivity index (χ0n) is 21.5. The maximum Gasteiger partial charge on any atom is 0.235 e. The van der Waals surface area contributed by atoms with Gasteiger partial charge < -0.3 is 4.57 Å². The fourth-order valence-corrected chi connectivity index (χ4v) is 6.93. The summed E-state index contributed by atoms with van der Waals surface area (Å²) in [6.07, 6.45) is 0.912. The zero-order valence-corrected chi connectivity index (χ0v) is 21.5. The van der Waals surface area contributed by atoms with E-state index in [4.69, 9.17) is 9.97 Å². The standard InChI is InChI=1S/C35H24N4/c1-2-38-28-16-7-6-14-26(28)32-30(38)19-18-25-24-13-5-8-17-29(24)39(34(25)32)35-36-27-15-9-11-22-20-21-10-3-4-12-23(21)33(37-35)31(22)27/h3-19H,2,20H2,1H3. The largest absolute Gasteiger partial charge is 0.341 e. The lowest BCUT2D eigenvalue weighted by atomic mass is 9.88. The van der Waals surface area contributed by atoms with Crippen LogP contribution in [0.2, 0.25) is 0 Å². The van der Waals surface area contributed by atoms with E-state index in [2.05, 4.69) is 119 Å². The first-order valence-electron chi connectivity index (χ1n) is 13.6. The second kappa shape index (κ2) is 7.55. The summed E-state index contributed by atoms with van der Waals surface area (Å²) >= 11 is 0. The maximum absolute atomic E-state index is 5.37. The fourth-order valence-electron chi connectivity index (χ4n) is 6.93. The molecule has 0 bridgehead atoms. The predicted molar refractivity (Wildman–Crippen MR) is 161 cm³/mol. The van der Waals surface area contributed by atoms with Crippen LogP contribution < -0.4 is 0 Å². The molecule has 0 saturated heterocycles. The number of aromatic nitrogens is 4. The third kappa shape index (κ3) is 2.68. The van der Waals surface area contributed by atoms with Gasteiger partial charge in [-0.1, -0.05) is 78.9 Å². The maximum atomic E-state index is 5.37. The fraction of sp³-hybridized carbons (Fsp3) is 0.0857. The molecule has 0 N–H and O–H groups in total. The van der Waals surface area contributed by atoms with Crippen LogP contribution in [0.25, 0.3) is 71.7 Å². The van der Waals surface area contributed by atoms with Crippen molar-refractivity contribution in [1.82, 2.24) is 19.1 Å². The van der Waals surface area contributed by atoms with Crippen molar-refractivity contribution in [2.24, 2.45) is 0 Å². The molecule has 0 radical (unpaired) electrons. The lowest BCUT2D eigenvalue weighted by Gasteiger charge is -2.20. The monoisotopic (exact) mass is 500 g/mol. The summed E-state index contributed by atoms with van der Waals surface area (Å²) < 4.78 is 4.72. The van der Waals surface area contributed by atoms with Gasteiger partial charge in [0.25, 0.3) is 0 Å². The number of fused-ring (bicyclic) bond motifs is 9. The highest BCUT2D eigenvalue weighted by atomic mass is 15.2. The molecule has 5 aromatic carbocycles. The molecule has 0 fully saturated rings. The van der Waals surface area contributed by atoms with Crippen molar-refractivity contribution in [3.05, 3.63) is 114 Å². The average molecular weight is 501 g/mol. The molecule has 39 heavy (non-hydrogen) atoms. The molecule has 1 aliphatic carbocycles. The third-order valence-corrected chi connectivity index (χ3v) is 8.54. The van der Waals surface area contributed by atoms with Gasteiger partial charge >= 0.3 is 0 Å². The van der Waals surface area contributed by atoms with Gasteiger partial charge in [0, 0.05) is 44.6 Å². The van der Waals surface area contributed by atoms with E-state index in [0.29, 0.717) is 0 Å². The van der Waals surface area contributed by atoms with Gasteiger partial charge in [-0.25, -0.2) is 9.97 Å². The Morgan fingerprint density at radius 2 is 1.38 bits per heavy atom. The molecule has 0 saturated carbocycles. The van der Waals surface area contributed by atoms with Crippen molar-refractivity contribution in [1.29, 1.82) is 0 Å². The summed E-state index contributed by atoms with van der Waals surface area (Å²) in [4.78, 5) is 10.6. The van der Waals surface area contributed by atoms with Crippen molar-refractivity contribution in [3.8, 4) is 17.2 Å². The summed E-state index contributed by atoms with van der Waals surface area (Å²) in [5.74, 6) is 0.721. The SMILES string of the molecule is CCn1c2ccccc2c2c1ccc1c3ccccc3n(-c3nc4c5c(cccc5n3)Cc3ccccc3-4)c12. The summed E-state index contributed by atoms with van der Waals surface area (Å²) in [6, 6.07) is 37.1. The third-order valence-electron chi connectivity index (χ3n) is 8.54. The number of aryl methyl sites for hydroxylation is 1. The minimum atomic E-state index is 0.721. The van der Waals surface area contributed by atoms with Crippen LogP contribution in [0.3, 0.4) is 0 Å². The Hall–Kier alpha value is -4.96. The van der Waals surface area contributed by atoms with Gasteiger partial charge in [-0.3, -0.25) is 4.57 Å². The van der Waals surface area contributed by atoms with Crippen molar-refractivity contribution in [3.63, 3.8) is 0 Å². The Morgan fingerprint density at radius 1 is 0.615 bits per heavy atom. The average Bonchev–Trinajstić information content (AvgIpc) is 3.49. The van der Waals surface area contributed by atoms with Crippen LogP contribution in [0.5, 0.6) is 0 Å². The molecule has 4 nitrogen and oxygen atoms in total. The highest BCUT2D eigenvalue weighted by Gasteiger charge is 2.24. The van der Waals surface area contributed by atoms with Crippen LogP contribution in [0, 0.1) is 0 Å². The Bertz CT molecular complexity index is 2300. The van der Waals surface area contributed by atoms with E-state index in [0.717, 1.165) is 35.6 Å². The highest BCUT2D eigenvalue weighted by Crippen LogP contribution is 2.42. The first kappa shape index (κ1) is 21.0. The second-order valence-corrected chi connectivity index (χ2v) is 10.5. The van der Waals surface area contributed by atoms with Gasteiger partial charge in [0.05, 0.1) is 27.8 Å². The Morgan fingerprint density at radius 3 is 2.28 bits per heavy atom. The number of benzene rings is 5. The van der Waals surface area contributed by atoms with E-state index in [1.165, 1.54) is 60.2 Å². The predicted octanol–water partition coefficient (Wildman–Crippen LogP) is 8.43. The lowest BCUT2D eigenvalue weighted by molar-refractivity contribution is 0.827. The summed E-state index contributed by atoms with van der Waals surface area (Å²) in [5, 5.41) is 6.14. The smallest absolute Gasteiger partial charge is 0.235 e. The molecule has 9 rings (SSSR count). The molecule has 3 aromatic heterocycles. The summed E-state index contributed by atoms with van der Waals surface area (Å²) in [7, 11) is 0. The molecule has 0 atom stereocenters. The Balaban J connectivity index is 1.50. The molecular formula is C35H24N4. The normalized spacial score (nSPS) is 12.7. The first-order chi connectivity index (χ1) is 19.3. The van der Waals surface area contributed by atoms with E-state index in [9.17, 15) is 0 Å². The van der Waals surface area contributed by atoms with E-state index in [1.807, 2.05) is 0 Å². The second-order valence-electron chi connectivity index (χ2n) is 10.5. The molecule has 184 valence electrons. The quantitative estimate of drug-likeness (QED) is 0.239. The van der Waals surface area contributed by atoms with Gasteiger partial charge in [-0.15, -0.1) is 0 Å². The Labute approximate surface area is 224 Å². The van der Waals surface area contributed by atoms with Crippen LogP contribution in [0.15, 0.2) is 103 Å². The zero-order chi connectivity index (χ0) is 25.7. The molecule has 1 aliphatic rings. The van der Waals surface area contributed by atoms with E-state index in [1.54, 1.807) is 0 Å². The molecule has 0 spiro atoms. The molecular weight excluding hydrogens is 476 g/mol. The van der Waals surface area contributed by atoms with Crippen LogP contribution in [0.1, 0.15) is 18.1 Å².